The molecule has 0 saturated carbocycles. The van der Waals surface area contributed by atoms with Gasteiger partial charge in [0.05, 0.1) is 0 Å². The molecule has 6 amide bonds. The molecule has 10 nitrogen and oxygen atoms in total. The van der Waals surface area contributed by atoms with E-state index in [1.54, 1.807) is 34.1 Å². The summed E-state index contributed by atoms with van der Waals surface area (Å²) < 4.78 is 0. The monoisotopic (exact) mass is 490 g/mol. The highest BCUT2D eigenvalue weighted by Crippen LogP contribution is 2.30. The molecule has 2 saturated heterocycles. The van der Waals surface area contributed by atoms with Crippen LogP contribution in [0.2, 0.25) is 0 Å². The molecule has 0 atom stereocenters. The molecule has 0 N–H and O–H groups in total. The molecule has 0 aromatic heterocycles. The van der Waals surface area contributed by atoms with Gasteiger partial charge in [-0.15, -0.1) is 0 Å². The van der Waals surface area contributed by atoms with E-state index in [4.69, 9.17) is 0 Å². The number of nitrogens with zero attached hydrogens (tertiary/aromatic N) is 4. The highest BCUT2D eigenvalue weighted by molar-refractivity contribution is 6.25. The highest BCUT2D eigenvalue weighted by Gasteiger charge is 2.34. The van der Waals surface area contributed by atoms with Crippen molar-refractivity contribution in [2.75, 3.05) is 39.3 Å². The number of hydrogen-bond acceptors (Lipinski definition) is 6. The summed E-state index contributed by atoms with van der Waals surface area (Å²) in [7, 11) is 0. The molecule has 5 rings (SSSR count). The van der Waals surface area contributed by atoms with Gasteiger partial charge in [-0.05, 0) is 23.9 Å². The predicted octanol–water partition coefficient (Wildman–Crippen LogP) is 1.04. The maximum absolute atomic E-state index is 13.0. The molecular weight excluding hydrogens is 464 g/mol. The van der Waals surface area contributed by atoms with E-state index in [1.165, 1.54) is 4.90 Å². The lowest BCUT2D eigenvalue weighted by molar-refractivity contribution is -0.147. The van der Waals surface area contributed by atoms with E-state index in [-0.39, 0.29) is 67.8 Å². The van der Waals surface area contributed by atoms with E-state index in [2.05, 4.69) is 0 Å². The van der Waals surface area contributed by atoms with E-state index < -0.39 is 0 Å². The Morgan fingerprint density at radius 2 is 1.22 bits per heavy atom. The van der Waals surface area contributed by atoms with Crippen molar-refractivity contribution in [3.63, 3.8) is 0 Å². The van der Waals surface area contributed by atoms with Crippen molar-refractivity contribution < 1.29 is 28.8 Å². The van der Waals surface area contributed by atoms with Crippen molar-refractivity contribution in [2.24, 2.45) is 0 Å². The minimum atomic E-state index is -0.348. The van der Waals surface area contributed by atoms with Crippen LogP contribution < -0.4 is 0 Å². The van der Waals surface area contributed by atoms with Crippen LogP contribution in [0, 0.1) is 0 Å². The fourth-order valence-electron chi connectivity index (χ4n) is 5.07. The van der Waals surface area contributed by atoms with Gasteiger partial charge in [0.25, 0.3) is 11.8 Å². The summed E-state index contributed by atoms with van der Waals surface area (Å²) in [4.78, 5) is 80.1. The number of rotatable bonds is 6. The van der Waals surface area contributed by atoms with Crippen LogP contribution in [0.1, 0.15) is 46.4 Å². The van der Waals surface area contributed by atoms with Crippen molar-refractivity contribution in [3.8, 4) is 0 Å². The van der Waals surface area contributed by atoms with Crippen LogP contribution in [0.4, 0.5) is 0 Å². The molecule has 0 bridgehead atoms. The molecule has 3 aliphatic heterocycles. The normalized spacial score (nSPS) is 18.0. The van der Waals surface area contributed by atoms with Crippen molar-refractivity contribution in [1.82, 2.24) is 19.6 Å². The number of likely N-dealkylation sites (tertiary alicyclic amines) is 1. The summed E-state index contributed by atoms with van der Waals surface area (Å²) in [6.07, 6.45) is 0.802. The topological polar surface area (TPSA) is 115 Å². The van der Waals surface area contributed by atoms with E-state index in [0.717, 1.165) is 10.3 Å². The Balaban J connectivity index is 1.11. The first-order chi connectivity index (χ1) is 17.3. The first kappa shape index (κ1) is 23.7. The van der Waals surface area contributed by atoms with Crippen LogP contribution in [0.25, 0.3) is 10.8 Å². The average Bonchev–Trinajstić information content (AvgIpc) is 3.21. The Kier molecular flexibility index (Phi) is 6.26. The minimum Gasteiger partial charge on any atom is -0.339 e. The summed E-state index contributed by atoms with van der Waals surface area (Å²) in [5, 5.41) is 1.52. The Morgan fingerprint density at radius 3 is 1.78 bits per heavy atom. The Hall–Kier alpha value is -4.08. The smallest absolute Gasteiger partial charge is 0.261 e. The van der Waals surface area contributed by atoms with Gasteiger partial charge in [0.2, 0.25) is 23.6 Å². The van der Waals surface area contributed by atoms with Crippen LogP contribution in [-0.4, -0.2) is 94.3 Å². The first-order valence-corrected chi connectivity index (χ1v) is 12.1. The lowest BCUT2D eigenvalue weighted by atomic mass is 9.94. The second-order valence-corrected chi connectivity index (χ2v) is 9.21. The Bertz CT molecular complexity index is 1230. The largest absolute Gasteiger partial charge is 0.339 e. The minimum absolute atomic E-state index is 0.105. The van der Waals surface area contributed by atoms with Crippen LogP contribution in [0.5, 0.6) is 0 Å². The number of amides is 6. The fourth-order valence-corrected chi connectivity index (χ4v) is 5.07. The van der Waals surface area contributed by atoms with Crippen LogP contribution in [0.15, 0.2) is 36.4 Å². The summed E-state index contributed by atoms with van der Waals surface area (Å²) >= 11 is 0. The van der Waals surface area contributed by atoms with Crippen LogP contribution >= 0.6 is 0 Å². The van der Waals surface area contributed by atoms with Crippen LogP contribution in [0.3, 0.4) is 0 Å². The van der Waals surface area contributed by atoms with E-state index in [1.807, 2.05) is 12.1 Å². The summed E-state index contributed by atoms with van der Waals surface area (Å²) in [5.41, 5.74) is 0.985. The molecule has 0 radical (unpaired) electrons. The third-order valence-corrected chi connectivity index (χ3v) is 7.06. The third-order valence-electron chi connectivity index (χ3n) is 7.06. The fraction of sp³-hybridized carbons (Fsp3) is 0.385. The van der Waals surface area contributed by atoms with E-state index in [0.29, 0.717) is 49.1 Å². The van der Waals surface area contributed by atoms with Gasteiger partial charge in [-0.25, -0.2) is 0 Å². The lowest BCUT2D eigenvalue weighted by Gasteiger charge is -2.35. The predicted molar refractivity (Wildman–Crippen MR) is 128 cm³/mol. The van der Waals surface area contributed by atoms with Crippen LogP contribution in [-0.2, 0) is 19.2 Å². The molecule has 0 unspecified atom stereocenters. The molecule has 0 aliphatic carbocycles. The number of piperazine rings is 1. The van der Waals surface area contributed by atoms with Gasteiger partial charge in [0.1, 0.15) is 6.54 Å². The average molecular weight is 491 g/mol. The number of benzene rings is 2. The molecule has 2 aromatic rings. The summed E-state index contributed by atoms with van der Waals surface area (Å²) in [5.74, 6) is -1.76. The quantitative estimate of drug-likeness (QED) is 0.559. The molecule has 3 aliphatic rings. The molecule has 10 heteroatoms. The van der Waals surface area contributed by atoms with Crippen molar-refractivity contribution in [2.45, 2.75) is 25.7 Å². The number of imide groups is 2. The Morgan fingerprint density at radius 1 is 0.694 bits per heavy atom. The first-order valence-electron chi connectivity index (χ1n) is 12.1. The molecule has 36 heavy (non-hydrogen) atoms. The van der Waals surface area contributed by atoms with Gasteiger partial charge in [-0.3, -0.25) is 38.6 Å². The molecular formula is C26H26N4O6. The van der Waals surface area contributed by atoms with Crippen molar-refractivity contribution >= 4 is 46.2 Å². The summed E-state index contributed by atoms with van der Waals surface area (Å²) in [6.45, 7) is 1.24. The number of carbonyl (C=O) groups is 6. The van der Waals surface area contributed by atoms with Crippen molar-refractivity contribution in [1.29, 1.82) is 0 Å². The molecule has 3 heterocycles. The van der Waals surface area contributed by atoms with Gasteiger partial charge < -0.3 is 9.80 Å². The van der Waals surface area contributed by atoms with E-state index in [9.17, 15) is 28.8 Å². The zero-order valence-corrected chi connectivity index (χ0v) is 19.8. The van der Waals surface area contributed by atoms with E-state index >= 15 is 0 Å². The van der Waals surface area contributed by atoms with Gasteiger partial charge in [0.15, 0.2) is 0 Å². The maximum Gasteiger partial charge on any atom is 0.261 e. The number of carbonyl (C=O) groups excluding carboxylic acids is 6. The second kappa shape index (κ2) is 9.52. The lowest BCUT2D eigenvalue weighted by Crippen LogP contribution is -2.53. The molecule has 2 fully saturated rings. The zero-order valence-electron chi connectivity index (χ0n) is 19.8. The third kappa shape index (κ3) is 4.23. The molecule has 186 valence electrons. The SMILES string of the molecule is O=C(CCCN1C(=O)c2cccc3cccc(c23)C1=O)N1CCN(C(=O)CN2C(=O)CCC2=O)CC1. The van der Waals surface area contributed by atoms with Gasteiger partial charge in [0, 0.05) is 68.5 Å². The zero-order chi connectivity index (χ0) is 25.4. The maximum atomic E-state index is 13.0. The van der Waals surface area contributed by atoms with Gasteiger partial charge in [-0.1, -0.05) is 24.3 Å². The second-order valence-electron chi connectivity index (χ2n) is 9.21. The van der Waals surface area contributed by atoms with Gasteiger partial charge >= 0.3 is 0 Å². The standard InChI is InChI=1S/C26H26N4O6/c31-20(27-12-14-28(15-13-27)23(34)16-30-21(32)9-10-22(30)33)8-3-11-29-25(35)18-6-1-4-17-5-2-7-19(24(17)18)26(29)36/h1-2,4-7H,3,8-16H2. The summed E-state index contributed by atoms with van der Waals surface area (Å²) in [6, 6.07) is 10.8. The number of hydrogen-bond donors (Lipinski definition) is 0. The van der Waals surface area contributed by atoms with Crippen molar-refractivity contribution in [3.05, 3.63) is 47.5 Å². The van der Waals surface area contributed by atoms with Gasteiger partial charge in [-0.2, -0.15) is 0 Å². The highest BCUT2D eigenvalue weighted by atomic mass is 16.2. The molecule has 2 aromatic carbocycles. The Labute approximate surface area is 207 Å². The molecule has 0 spiro atoms.